The second-order valence-corrected chi connectivity index (χ2v) is 7.68. The number of aromatic nitrogens is 2. The van der Waals surface area contributed by atoms with Gasteiger partial charge in [-0.2, -0.15) is 5.10 Å². The molecule has 1 fully saturated rings. The van der Waals surface area contributed by atoms with Gasteiger partial charge in [-0.1, -0.05) is 19.1 Å². The molecule has 26 heavy (non-hydrogen) atoms. The number of carbonyl (C=O) groups is 1. The number of nitrogens with one attached hydrogen (secondary N) is 1. The number of piperidine rings is 1. The van der Waals surface area contributed by atoms with Gasteiger partial charge in [-0.3, -0.25) is 14.4 Å². The van der Waals surface area contributed by atoms with Crippen molar-refractivity contribution in [1.29, 1.82) is 0 Å². The summed E-state index contributed by atoms with van der Waals surface area (Å²) in [6.07, 6.45) is 3.00. The van der Waals surface area contributed by atoms with Crippen molar-refractivity contribution < 1.29 is 4.79 Å². The highest BCUT2D eigenvalue weighted by molar-refractivity contribution is 5.92. The van der Waals surface area contributed by atoms with Crippen LogP contribution in [0.3, 0.4) is 0 Å². The fourth-order valence-corrected chi connectivity index (χ4v) is 3.82. The highest BCUT2D eigenvalue weighted by Crippen LogP contribution is 2.19. The van der Waals surface area contributed by atoms with E-state index in [9.17, 15) is 4.79 Å². The van der Waals surface area contributed by atoms with Gasteiger partial charge in [0.25, 0.3) is 0 Å². The maximum Gasteiger partial charge on any atom is 0.228 e. The average Bonchev–Trinajstić information content (AvgIpc) is 2.83. The normalized spacial score (nSPS) is 18.1. The standard InChI is InChI=1S/C21H30N4O/c1-15-6-5-11-25(13-15)14-18-7-9-19(10-8-18)22-21(26)12-20-16(2)23-24(4)17(20)3/h7-10,15H,5-6,11-14H2,1-4H3,(H,22,26)/t15-/m1/s1. The predicted molar refractivity (Wildman–Crippen MR) is 105 cm³/mol. The number of nitrogens with zero attached hydrogens (tertiary/aromatic N) is 3. The zero-order valence-corrected chi connectivity index (χ0v) is 16.4. The van der Waals surface area contributed by atoms with Crippen LogP contribution in [-0.4, -0.2) is 33.7 Å². The van der Waals surface area contributed by atoms with Crippen LogP contribution in [0.5, 0.6) is 0 Å². The van der Waals surface area contributed by atoms with Crippen molar-refractivity contribution in [2.75, 3.05) is 18.4 Å². The first kappa shape index (κ1) is 18.6. The summed E-state index contributed by atoms with van der Waals surface area (Å²) in [5.41, 5.74) is 5.14. The molecule has 5 nitrogen and oxygen atoms in total. The molecular weight excluding hydrogens is 324 g/mol. The number of carbonyl (C=O) groups excluding carboxylic acids is 1. The quantitative estimate of drug-likeness (QED) is 0.895. The van der Waals surface area contributed by atoms with E-state index in [1.165, 1.54) is 31.5 Å². The molecule has 0 spiro atoms. The lowest BCUT2D eigenvalue weighted by atomic mass is 10.00. The van der Waals surface area contributed by atoms with Crippen molar-refractivity contribution in [2.45, 2.75) is 46.6 Å². The zero-order chi connectivity index (χ0) is 18.7. The van der Waals surface area contributed by atoms with E-state index in [0.717, 1.165) is 35.1 Å². The van der Waals surface area contributed by atoms with Crippen LogP contribution in [0.1, 0.15) is 42.3 Å². The largest absolute Gasteiger partial charge is 0.326 e. The van der Waals surface area contributed by atoms with Crippen molar-refractivity contribution in [3.8, 4) is 0 Å². The maximum absolute atomic E-state index is 12.4. The van der Waals surface area contributed by atoms with Gasteiger partial charge in [0.05, 0.1) is 12.1 Å². The lowest BCUT2D eigenvalue weighted by Crippen LogP contribution is -2.33. The number of likely N-dealkylation sites (tertiary alicyclic amines) is 1. The third-order valence-electron chi connectivity index (χ3n) is 5.38. The molecule has 1 N–H and O–H groups in total. The lowest BCUT2D eigenvalue weighted by molar-refractivity contribution is -0.115. The van der Waals surface area contributed by atoms with E-state index in [1.807, 2.05) is 37.7 Å². The van der Waals surface area contributed by atoms with Crippen molar-refractivity contribution in [3.63, 3.8) is 0 Å². The van der Waals surface area contributed by atoms with Gasteiger partial charge in [0.15, 0.2) is 0 Å². The second-order valence-electron chi connectivity index (χ2n) is 7.68. The first-order valence-electron chi connectivity index (χ1n) is 9.52. The van der Waals surface area contributed by atoms with Gasteiger partial charge in [0.2, 0.25) is 5.91 Å². The minimum atomic E-state index is 0.00167. The summed E-state index contributed by atoms with van der Waals surface area (Å²) in [5, 5.41) is 7.38. The molecule has 0 aliphatic carbocycles. The molecule has 1 saturated heterocycles. The summed E-state index contributed by atoms with van der Waals surface area (Å²) >= 11 is 0. The van der Waals surface area contributed by atoms with Gasteiger partial charge in [-0.25, -0.2) is 0 Å². The van der Waals surface area contributed by atoms with Gasteiger partial charge in [0.1, 0.15) is 0 Å². The molecule has 3 rings (SSSR count). The van der Waals surface area contributed by atoms with E-state index in [0.29, 0.717) is 6.42 Å². The summed E-state index contributed by atoms with van der Waals surface area (Å²) in [7, 11) is 1.91. The van der Waals surface area contributed by atoms with E-state index < -0.39 is 0 Å². The van der Waals surface area contributed by atoms with Crippen LogP contribution in [0, 0.1) is 19.8 Å². The fraction of sp³-hybridized carbons (Fsp3) is 0.524. The van der Waals surface area contributed by atoms with Gasteiger partial charge in [0, 0.05) is 37.1 Å². The monoisotopic (exact) mass is 354 g/mol. The van der Waals surface area contributed by atoms with E-state index in [-0.39, 0.29) is 5.91 Å². The number of rotatable bonds is 5. The molecule has 2 heterocycles. The average molecular weight is 354 g/mol. The third kappa shape index (κ3) is 4.52. The van der Waals surface area contributed by atoms with Gasteiger partial charge >= 0.3 is 0 Å². The SMILES string of the molecule is Cc1nn(C)c(C)c1CC(=O)Nc1ccc(CN2CCC[C@@H](C)C2)cc1. The van der Waals surface area contributed by atoms with E-state index in [2.05, 4.69) is 34.4 Å². The number of hydrogen-bond donors (Lipinski definition) is 1. The van der Waals surface area contributed by atoms with Crippen LogP contribution in [0.4, 0.5) is 5.69 Å². The van der Waals surface area contributed by atoms with Crippen LogP contribution in [0.2, 0.25) is 0 Å². The van der Waals surface area contributed by atoms with Crippen LogP contribution < -0.4 is 5.32 Å². The molecule has 0 unspecified atom stereocenters. The van der Waals surface area contributed by atoms with Crippen LogP contribution in [0.15, 0.2) is 24.3 Å². The highest BCUT2D eigenvalue weighted by Gasteiger charge is 2.16. The summed E-state index contributed by atoms with van der Waals surface area (Å²) in [5.74, 6) is 0.795. The molecule has 2 aromatic rings. The molecule has 1 amide bonds. The van der Waals surface area contributed by atoms with Crippen LogP contribution in [-0.2, 0) is 24.8 Å². The lowest BCUT2D eigenvalue weighted by Gasteiger charge is -2.30. The minimum absolute atomic E-state index is 0.00167. The molecule has 0 radical (unpaired) electrons. The zero-order valence-electron chi connectivity index (χ0n) is 16.4. The highest BCUT2D eigenvalue weighted by atomic mass is 16.1. The Kier molecular flexibility index (Phi) is 5.77. The maximum atomic E-state index is 12.4. The number of hydrogen-bond acceptors (Lipinski definition) is 3. The van der Waals surface area contributed by atoms with Crippen LogP contribution in [0.25, 0.3) is 0 Å². The van der Waals surface area contributed by atoms with Crippen molar-refractivity contribution >= 4 is 11.6 Å². The molecule has 0 saturated carbocycles. The second kappa shape index (κ2) is 8.04. The van der Waals surface area contributed by atoms with Crippen molar-refractivity contribution in [1.82, 2.24) is 14.7 Å². The molecule has 1 aromatic heterocycles. The molecular formula is C21H30N4O. The Bertz CT molecular complexity index is 763. The predicted octanol–water partition coefficient (Wildman–Crippen LogP) is 3.45. The first-order valence-corrected chi connectivity index (χ1v) is 9.52. The fourth-order valence-electron chi connectivity index (χ4n) is 3.82. The van der Waals surface area contributed by atoms with Gasteiger partial charge in [-0.15, -0.1) is 0 Å². The Balaban J connectivity index is 1.56. The molecule has 5 heteroatoms. The smallest absolute Gasteiger partial charge is 0.228 e. The Morgan fingerprint density at radius 3 is 2.62 bits per heavy atom. The van der Waals surface area contributed by atoms with Crippen molar-refractivity contribution in [2.24, 2.45) is 13.0 Å². The molecule has 1 atom stereocenters. The molecule has 140 valence electrons. The van der Waals surface area contributed by atoms with Crippen molar-refractivity contribution in [3.05, 3.63) is 46.8 Å². The summed E-state index contributed by atoms with van der Waals surface area (Å²) < 4.78 is 1.83. The Labute approximate surface area is 156 Å². The van der Waals surface area contributed by atoms with Gasteiger partial charge < -0.3 is 5.32 Å². The Hall–Kier alpha value is -2.14. The summed E-state index contributed by atoms with van der Waals surface area (Å²) in [6.45, 7) is 9.64. The Morgan fingerprint density at radius 1 is 1.27 bits per heavy atom. The van der Waals surface area contributed by atoms with E-state index >= 15 is 0 Å². The summed E-state index contributed by atoms with van der Waals surface area (Å²) in [4.78, 5) is 14.9. The summed E-state index contributed by atoms with van der Waals surface area (Å²) in [6, 6.07) is 8.25. The number of benzene rings is 1. The number of aryl methyl sites for hydroxylation is 2. The Morgan fingerprint density at radius 2 is 2.00 bits per heavy atom. The van der Waals surface area contributed by atoms with E-state index in [1.54, 1.807) is 0 Å². The molecule has 1 aliphatic rings. The van der Waals surface area contributed by atoms with Gasteiger partial charge in [-0.05, 0) is 56.8 Å². The number of amides is 1. The van der Waals surface area contributed by atoms with Crippen LogP contribution >= 0.6 is 0 Å². The van der Waals surface area contributed by atoms with E-state index in [4.69, 9.17) is 0 Å². The first-order chi connectivity index (χ1) is 12.4. The molecule has 1 aliphatic heterocycles. The molecule has 1 aromatic carbocycles. The minimum Gasteiger partial charge on any atom is -0.326 e. The third-order valence-corrected chi connectivity index (χ3v) is 5.38. The number of anilines is 1. The topological polar surface area (TPSA) is 50.2 Å². The molecule has 0 bridgehead atoms.